The molecule has 3 aromatic rings. The fourth-order valence-electron chi connectivity index (χ4n) is 3.87. The molecule has 1 aliphatic heterocycles. The highest BCUT2D eigenvalue weighted by Crippen LogP contribution is 2.26. The molecule has 1 N–H and O–H groups in total. The Labute approximate surface area is 168 Å². The van der Waals surface area contributed by atoms with Gasteiger partial charge in [-0.3, -0.25) is 9.48 Å². The summed E-state index contributed by atoms with van der Waals surface area (Å²) in [6.07, 6.45) is 4.66. The van der Waals surface area contributed by atoms with Gasteiger partial charge in [0.05, 0.1) is 34.9 Å². The van der Waals surface area contributed by atoms with Gasteiger partial charge in [-0.05, 0) is 38.8 Å². The molecule has 0 unspecified atom stereocenters. The molecule has 8 nitrogen and oxygen atoms in total. The van der Waals surface area contributed by atoms with Gasteiger partial charge in [-0.15, -0.1) is 0 Å². The van der Waals surface area contributed by atoms with E-state index in [0.29, 0.717) is 30.0 Å². The van der Waals surface area contributed by atoms with Crippen LogP contribution in [0, 0.1) is 13.8 Å². The van der Waals surface area contributed by atoms with Crippen LogP contribution in [0.25, 0.3) is 5.69 Å². The van der Waals surface area contributed by atoms with Gasteiger partial charge in [-0.1, -0.05) is 18.2 Å². The third-order valence-corrected chi connectivity index (χ3v) is 5.52. The van der Waals surface area contributed by atoms with Gasteiger partial charge in [-0.2, -0.15) is 10.2 Å². The van der Waals surface area contributed by atoms with Crippen molar-refractivity contribution < 1.29 is 14.7 Å². The summed E-state index contributed by atoms with van der Waals surface area (Å²) in [6, 6.07) is 9.81. The Kier molecular flexibility index (Phi) is 4.92. The number of hydrogen-bond acceptors (Lipinski definition) is 4. The van der Waals surface area contributed by atoms with Crippen LogP contribution in [0.15, 0.2) is 42.7 Å². The number of nitrogens with zero attached hydrogens (tertiary/aromatic N) is 5. The Morgan fingerprint density at radius 3 is 2.38 bits per heavy atom. The monoisotopic (exact) mass is 393 g/mol. The largest absolute Gasteiger partial charge is 0.478 e. The molecule has 4 rings (SSSR count). The van der Waals surface area contributed by atoms with Crippen molar-refractivity contribution in [3.63, 3.8) is 0 Å². The number of carboxylic acid groups (broad SMARTS) is 1. The maximum atomic E-state index is 13.0. The van der Waals surface area contributed by atoms with Crippen molar-refractivity contribution in [1.82, 2.24) is 24.5 Å². The second-order valence-corrected chi connectivity index (χ2v) is 7.33. The lowest BCUT2D eigenvalue weighted by Gasteiger charge is -2.32. The van der Waals surface area contributed by atoms with E-state index in [1.807, 2.05) is 42.2 Å². The van der Waals surface area contributed by atoms with E-state index in [-0.39, 0.29) is 17.5 Å². The first-order valence-electron chi connectivity index (χ1n) is 9.64. The van der Waals surface area contributed by atoms with Crippen molar-refractivity contribution in [2.45, 2.75) is 32.7 Å². The Hall–Kier alpha value is -3.42. The van der Waals surface area contributed by atoms with E-state index in [4.69, 9.17) is 0 Å². The van der Waals surface area contributed by atoms with Crippen LogP contribution in [-0.2, 0) is 0 Å². The summed E-state index contributed by atoms with van der Waals surface area (Å²) in [6.45, 7) is 4.82. The number of carbonyl (C=O) groups is 2. The molecule has 150 valence electrons. The number of likely N-dealkylation sites (tertiary alicyclic amines) is 1. The van der Waals surface area contributed by atoms with Crippen LogP contribution in [0.1, 0.15) is 51.0 Å². The molecule has 1 amide bonds. The van der Waals surface area contributed by atoms with Gasteiger partial charge in [0.1, 0.15) is 5.56 Å². The lowest BCUT2D eigenvalue weighted by atomic mass is 10.0. The number of para-hydroxylation sites is 1. The minimum absolute atomic E-state index is 0.0217. The van der Waals surface area contributed by atoms with Crippen LogP contribution in [-0.4, -0.2) is 54.5 Å². The first kappa shape index (κ1) is 18.9. The molecule has 0 atom stereocenters. The molecule has 2 aromatic heterocycles. The molecular weight excluding hydrogens is 370 g/mol. The molecule has 1 saturated heterocycles. The van der Waals surface area contributed by atoms with E-state index in [1.54, 1.807) is 22.5 Å². The fraction of sp³-hybridized carbons (Fsp3) is 0.333. The average molecular weight is 393 g/mol. The zero-order chi connectivity index (χ0) is 20.5. The van der Waals surface area contributed by atoms with Gasteiger partial charge in [0.25, 0.3) is 5.91 Å². The SMILES string of the molecule is Cc1nn(-c2ccccc2)cc1C(=O)N1CCC(n2ncc(C(=O)O)c2C)CC1. The van der Waals surface area contributed by atoms with Crippen LogP contribution in [0.4, 0.5) is 0 Å². The Morgan fingerprint density at radius 2 is 1.76 bits per heavy atom. The van der Waals surface area contributed by atoms with Crippen molar-refractivity contribution >= 4 is 11.9 Å². The highest BCUT2D eigenvalue weighted by atomic mass is 16.4. The first-order valence-corrected chi connectivity index (χ1v) is 9.64. The third-order valence-electron chi connectivity index (χ3n) is 5.52. The summed E-state index contributed by atoms with van der Waals surface area (Å²) in [5, 5.41) is 18.0. The summed E-state index contributed by atoms with van der Waals surface area (Å²) in [7, 11) is 0. The summed E-state index contributed by atoms with van der Waals surface area (Å²) >= 11 is 0. The molecule has 1 aliphatic rings. The molecule has 1 fully saturated rings. The maximum Gasteiger partial charge on any atom is 0.339 e. The second-order valence-electron chi connectivity index (χ2n) is 7.33. The minimum atomic E-state index is -0.965. The third kappa shape index (κ3) is 3.53. The highest BCUT2D eigenvalue weighted by molar-refractivity contribution is 5.95. The number of hydrogen-bond donors (Lipinski definition) is 1. The molecule has 29 heavy (non-hydrogen) atoms. The van der Waals surface area contributed by atoms with Crippen LogP contribution in [0.3, 0.4) is 0 Å². The molecule has 0 aliphatic carbocycles. The quantitative estimate of drug-likeness (QED) is 0.736. The number of amides is 1. The minimum Gasteiger partial charge on any atom is -0.478 e. The number of aryl methyl sites for hydroxylation is 1. The fourth-order valence-corrected chi connectivity index (χ4v) is 3.87. The first-order chi connectivity index (χ1) is 14.0. The van der Waals surface area contributed by atoms with Gasteiger partial charge in [0, 0.05) is 19.3 Å². The number of carboxylic acids is 1. The van der Waals surface area contributed by atoms with Crippen LogP contribution < -0.4 is 0 Å². The predicted molar refractivity (Wildman–Crippen MR) is 106 cm³/mol. The smallest absolute Gasteiger partial charge is 0.339 e. The summed E-state index contributed by atoms with van der Waals surface area (Å²) in [4.78, 5) is 26.1. The number of carbonyl (C=O) groups excluding carboxylic acids is 1. The number of rotatable bonds is 4. The molecule has 0 bridgehead atoms. The van der Waals surface area contributed by atoms with Crippen molar-refractivity contribution in [2.75, 3.05) is 13.1 Å². The zero-order valence-electron chi connectivity index (χ0n) is 16.4. The van der Waals surface area contributed by atoms with E-state index in [0.717, 1.165) is 18.5 Å². The van der Waals surface area contributed by atoms with E-state index >= 15 is 0 Å². The van der Waals surface area contributed by atoms with E-state index in [2.05, 4.69) is 10.2 Å². The topological polar surface area (TPSA) is 93.3 Å². The standard InChI is InChI=1S/C21H23N5O3/c1-14-19(13-25(23-14)16-6-4-3-5-7-16)20(27)24-10-8-17(9-11-24)26-15(2)18(12-22-26)21(28)29/h3-7,12-13,17H,8-11H2,1-2H3,(H,28,29). The van der Waals surface area contributed by atoms with Crippen molar-refractivity contribution in [3.8, 4) is 5.69 Å². The van der Waals surface area contributed by atoms with Crippen molar-refractivity contribution in [3.05, 3.63) is 65.2 Å². The molecular formula is C21H23N5O3. The normalized spacial score (nSPS) is 14.9. The molecule has 1 aromatic carbocycles. The number of benzene rings is 1. The second kappa shape index (κ2) is 7.54. The molecule has 8 heteroatoms. The average Bonchev–Trinajstić information content (AvgIpc) is 3.31. The van der Waals surface area contributed by atoms with Crippen molar-refractivity contribution in [1.29, 1.82) is 0 Å². The molecule has 0 saturated carbocycles. The zero-order valence-corrected chi connectivity index (χ0v) is 16.4. The van der Waals surface area contributed by atoms with E-state index in [9.17, 15) is 14.7 Å². The van der Waals surface area contributed by atoms with E-state index < -0.39 is 5.97 Å². The lowest BCUT2D eigenvalue weighted by molar-refractivity contribution is 0.0687. The summed E-state index contributed by atoms with van der Waals surface area (Å²) in [5.74, 6) is -0.987. The molecule has 0 spiro atoms. The van der Waals surface area contributed by atoms with Crippen LogP contribution >= 0.6 is 0 Å². The van der Waals surface area contributed by atoms with Crippen LogP contribution in [0.2, 0.25) is 0 Å². The van der Waals surface area contributed by atoms with Crippen LogP contribution in [0.5, 0.6) is 0 Å². The van der Waals surface area contributed by atoms with Gasteiger partial charge >= 0.3 is 5.97 Å². The Bertz CT molecular complexity index is 1050. The Morgan fingerprint density at radius 1 is 1.07 bits per heavy atom. The van der Waals surface area contributed by atoms with E-state index in [1.165, 1.54) is 6.20 Å². The van der Waals surface area contributed by atoms with Gasteiger partial charge in [-0.25, -0.2) is 9.48 Å². The van der Waals surface area contributed by atoms with Gasteiger partial charge < -0.3 is 10.0 Å². The Balaban J connectivity index is 1.46. The number of piperidine rings is 1. The highest BCUT2D eigenvalue weighted by Gasteiger charge is 2.28. The summed E-state index contributed by atoms with van der Waals surface area (Å²) in [5.41, 5.74) is 3.11. The molecule has 3 heterocycles. The lowest BCUT2D eigenvalue weighted by Crippen LogP contribution is -2.39. The van der Waals surface area contributed by atoms with Gasteiger partial charge in [0.2, 0.25) is 0 Å². The number of aromatic nitrogens is 4. The number of aromatic carboxylic acids is 1. The molecule has 0 radical (unpaired) electrons. The predicted octanol–water partition coefficient (Wildman–Crippen LogP) is 2.86. The van der Waals surface area contributed by atoms with Crippen molar-refractivity contribution in [2.24, 2.45) is 0 Å². The maximum absolute atomic E-state index is 13.0. The van der Waals surface area contributed by atoms with Gasteiger partial charge in [0.15, 0.2) is 0 Å². The summed E-state index contributed by atoms with van der Waals surface area (Å²) < 4.78 is 3.51.